The first-order valence-electron chi connectivity index (χ1n) is 5.09. The molecule has 0 aromatic carbocycles. The molecule has 0 heterocycles. The largest absolute Gasteiger partial charge is 0.303 e. The van der Waals surface area contributed by atoms with E-state index in [-0.39, 0.29) is 12.4 Å². The van der Waals surface area contributed by atoms with Crippen molar-refractivity contribution in [1.29, 1.82) is 0 Å². The highest BCUT2D eigenvalue weighted by atomic mass is 35.5. The molecular formula is C11H24ClN. The van der Waals surface area contributed by atoms with E-state index >= 15 is 0 Å². The molecule has 0 rings (SSSR count). The second-order valence-electron chi connectivity index (χ2n) is 3.51. The molecule has 13 heavy (non-hydrogen) atoms. The van der Waals surface area contributed by atoms with Crippen LogP contribution in [0.5, 0.6) is 0 Å². The monoisotopic (exact) mass is 205 g/mol. The topological polar surface area (TPSA) is 3.24 Å². The van der Waals surface area contributed by atoms with Gasteiger partial charge in [-0.25, -0.2) is 0 Å². The van der Waals surface area contributed by atoms with Crippen molar-refractivity contribution < 1.29 is 0 Å². The van der Waals surface area contributed by atoms with Gasteiger partial charge in [-0.05, 0) is 31.8 Å². The van der Waals surface area contributed by atoms with Crippen LogP contribution in [0.3, 0.4) is 0 Å². The summed E-state index contributed by atoms with van der Waals surface area (Å²) in [5.74, 6) is 0.628. The van der Waals surface area contributed by atoms with Gasteiger partial charge in [-0.2, -0.15) is 0 Å². The fourth-order valence-electron chi connectivity index (χ4n) is 1.41. The Hall–Kier alpha value is -0.0100. The SMILES string of the molecule is C=CC(C)CN(CCC)CCC.Cl. The van der Waals surface area contributed by atoms with Gasteiger partial charge in [-0.3, -0.25) is 0 Å². The summed E-state index contributed by atoms with van der Waals surface area (Å²) < 4.78 is 0. The molecule has 0 radical (unpaired) electrons. The van der Waals surface area contributed by atoms with Crippen LogP contribution in [0, 0.1) is 5.92 Å². The van der Waals surface area contributed by atoms with Crippen molar-refractivity contribution in [2.45, 2.75) is 33.6 Å². The number of hydrogen-bond donors (Lipinski definition) is 0. The number of rotatable bonds is 7. The van der Waals surface area contributed by atoms with Crippen molar-refractivity contribution in [1.82, 2.24) is 4.90 Å². The summed E-state index contributed by atoms with van der Waals surface area (Å²) in [6.07, 6.45) is 4.55. The lowest BCUT2D eigenvalue weighted by molar-refractivity contribution is 0.254. The first-order chi connectivity index (χ1) is 5.74. The molecule has 0 bridgehead atoms. The van der Waals surface area contributed by atoms with Crippen molar-refractivity contribution in [3.8, 4) is 0 Å². The Labute approximate surface area is 89.6 Å². The van der Waals surface area contributed by atoms with Gasteiger partial charge in [0.25, 0.3) is 0 Å². The lowest BCUT2D eigenvalue weighted by Crippen LogP contribution is -2.29. The summed E-state index contributed by atoms with van der Waals surface area (Å²) >= 11 is 0. The number of hydrogen-bond acceptors (Lipinski definition) is 1. The van der Waals surface area contributed by atoms with Crippen LogP contribution in [0.25, 0.3) is 0 Å². The molecule has 0 aliphatic heterocycles. The zero-order valence-electron chi connectivity index (χ0n) is 9.25. The summed E-state index contributed by atoms with van der Waals surface area (Å²) in [5.41, 5.74) is 0. The third-order valence-corrected chi connectivity index (χ3v) is 2.03. The average molecular weight is 206 g/mol. The highest BCUT2D eigenvalue weighted by molar-refractivity contribution is 5.85. The normalized spacial score (nSPS) is 12.3. The molecule has 2 heteroatoms. The standard InChI is InChI=1S/C11H23N.ClH/c1-5-8-12(9-6-2)10-11(4)7-3;/h7,11H,3,5-6,8-10H2,1-2,4H3;1H. The van der Waals surface area contributed by atoms with Gasteiger partial charge in [0.2, 0.25) is 0 Å². The maximum Gasteiger partial charge on any atom is 0.00416 e. The maximum atomic E-state index is 3.81. The smallest absolute Gasteiger partial charge is 0.00416 e. The molecule has 0 saturated carbocycles. The molecule has 0 saturated heterocycles. The molecule has 1 nitrogen and oxygen atoms in total. The third-order valence-electron chi connectivity index (χ3n) is 2.03. The van der Waals surface area contributed by atoms with Gasteiger partial charge in [0, 0.05) is 6.54 Å². The summed E-state index contributed by atoms with van der Waals surface area (Å²) in [5, 5.41) is 0. The Bertz CT molecular complexity index is 109. The highest BCUT2D eigenvalue weighted by Gasteiger charge is 2.04. The van der Waals surface area contributed by atoms with E-state index in [2.05, 4.69) is 32.3 Å². The summed E-state index contributed by atoms with van der Waals surface area (Å²) in [6, 6.07) is 0. The summed E-state index contributed by atoms with van der Waals surface area (Å²) in [7, 11) is 0. The molecule has 0 N–H and O–H groups in total. The Balaban J connectivity index is 0. The van der Waals surface area contributed by atoms with E-state index in [1.54, 1.807) is 0 Å². The molecule has 0 fully saturated rings. The first kappa shape index (κ1) is 15.5. The minimum Gasteiger partial charge on any atom is -0.303 e. The van der Waals surface area contributed by atoms with Crippen molar-refractivity contribution in [2.24, 2.45) is 5.92 Å². The lowest BCUT2D eigenvalue weighted by atomic mass is 10.1. The molecule has 0 amide bonds. The molecule has 80 valence electrons. The average Bonchev–Trinajstić information content (AvgIpc) is 2.05. The van der Waals surface area contributed by atoms with Crippen LogP contribution in [-0.2, 0) is 0 Å². The van der Waals surface area contributed by atoms with Crippen LogP contribution in [-0.4, -0.2) is 24.5 Å². The maximum absolute atomic E-state index is 3.81. The van der Waals surface area contributed by atoms with E-state index in [1.807, 2.05) is 6.08 Å². The summed E-state index contributed by atoms with van der Waals surface area (Å²) in [4.78, 5) is 2.52. The predicted molar refractivity (Wildman–Crippen MR) is 63.6 cm³/mol. The van der Waals surface area contributed by atoms with Crippen molar-refractivity contribution in [3.05, 3.63) is 12.7 Å². The van der Waals surface area contributed by atoms with E-state index in [4.69, 9.17) is 0 Å². The van der Waals surface area contributed by atoms with Crippen LogP contribution in [0.4, 0.5) is 0 Å². The zero-order valence-corrected chi connectivity index (χ0v) is 10.1. The quantitative estimate of drug-likeness (QED) is 0.577. The van der Waals surface area contributed by atoms with E-state index in [9.17, 15) is 0 Å². The molecule has 0 aliphatic carbocycles. The summed E-state index contributed by atoms with van der Waals surface area (Å²) in [6.45, 7) is 14.1. The van der Waals surface area contributed by atoms with E-state index < -0.39 is 0 Å². The van der Waals surface area contributed by atoms with Gasteiger partial charge >= 0.3 is 0 Å². The Morgan fingerprint density at radius 2 is 1.69 bits per heavy atom. The molecule has 0 aromatic rings. The fourth-order valence-corrected chi connectivity index (χ4v) is 1.41. The van der Waals surface area contributed by atoms with Crippen LogP contribution in [0.1, 0.15) is 33.6 Å². The van der Waals surface area contributed by atoms with Gasteiger partial charge in [0.15, 0.2) is 0 Å². The highest BCUT2D eigenvalue weighted by Crippen LogP contribution is 2.02. The third kappa shape index (κ3) is 8.32. The van der Waals surface area contributed by atoms with Gasteiger partial charge in [0.1, 0.15) is 0 Å². The van der Waals surface area contributed by atoms with Crippen LogP contribution in [0.2, 0.25) is 0 Å². The second kappa shape index (κ2) is 10.1. The van der Waals surface area contributed by atoms with Crippen molar-refractivity contribution in [3.63, 3.8) is 0 Å². The van der Waals surface area contributed by atoms with Gasteiger partial charge in [-0.15, -0.1) is 19.0 Å². The first-order valence-corrected chi connectivity index (χ1v) is 5.09. The molecule has 1 atom stereocenters. The Morgan fingerprint density at radius 1 is 1.23 bits per heavy atom. The van der Waals surface area contributed by atoms with E-state index in [0.29, 0.717) is 5.92 Å². The van der Waals surface area contributed by atoms with Crippen LogP contribution >= 0.6 is 12.4 Å². The van der Waals surface area contributed by atoms with Gasteiger partial charge in [-0.1, -0.05) is 26.8 Å². The second-order valence-corrected chi connectivity index (χ2v) is 3.51. The Morgan fingerprint density at radius 3 is 2.00 bits per heavy atom. The van der Waals surface area contributed by atoms with E-state index in [0.717, 1.165) is 0 Å². The fraction of sp³-hybridized carbons (Fsp3) is 0.818. The molecule has 0 aliphatic rings. The Kier molecular flexibility index (Phi) is 12.0. The van der Waals surface area contributed by atoms with Crippen LogP contribution in [0.15, 0.2) is 12.7 Å². The minimum absolute atomic E-state index is 0. The van der Waals surface area contributed by atoms with Gasteiger partial charge in [0.05, 0.1) is 0 Å². The predicted octanol–water partition coefficient (Wildman–Crippen LogP) is 3.35. The van der Waals surface area contributed by atoms with Gasteiger partial charge < -0.3 is 4.90 Å². The number of nitrogens with zero attached hydrogens (tertiary/aromatic N) is 1. The van der Waals surface area contributed by atoms with Crippen molar-refractivity contribution >= 4 is 12.4 Å². The number of halogens is 1. The molecular weight excluding hydrogens is 182 g/mol. The molecule has 0 spiro atoms. The minimum atomic E-state index is 0. The van der Waals surface area contributed by atoms with Crippen LogP contribution < -0.4 is 0 Å². The lowest BCUT2D eigenvalue weighted by Gasteiger charge is -2.23. The zero-order chi connectivity index (χ0) is 9.40. The van der Waals surface area contributed by atoms with E-state index in [1.165, 1.54) is 32.5 Å². The van der Waals surface area contributed by atoms with Crippen molar-refractivity contribution in [2.75, 3.05) is 19.6 Å². The molecule has 0 aromatic heterocycles. The molecule has 1 unspecified atom stereocenters.